The summed E-state index contributed by atoms with van der Waals surface area (Å²) in [5.41, 5.74) is 2.33. The van der Waals surface area contributed by atoms with E-state index < -0.39 is 0 Å². The molecule has 5 rings (SSSR count). The molecule has 7 heteroatoms. The molecule has 0 bridgehead atoms. The number of hydrogen-bond acceptors (Lipinski definition) is 5. The third-order valence-electron chi connectivity index (χ3n) is 6.30. The number of fused-ring (bicyclic) bond motifs is 1. The smallest absolute Gasteiger partial charge is 0.255 e. The second-order valence-electron chi connectivity index (χ2n) is 8.26. The monoisotopic (exact) mass is 369 g/mol. The van der Waals surface area contributed by atoms with E-state index in [4.69, 9.17) is 0 Å². The zero-order valence-corrected chi connectivity index (χ0v) is 15.6. The Balaban J connectivity index is 1.24. The van der Waals surface area contributed by atoms with Crippen LogP contribution in [0.25, 0.3) is 11.2 Å². The molecule has 2 saturated heterocycles. The zero-order chi connectivity index (χ0) is 18.4. The van der Waals surface area contributed by atoms with E-state index in [-0.39, 0.29) is 12.0 Å². The molecule has 1 N–H and O–H groups in total. The van der Waals surface area contributed by atoms with Crippen molar-refractivity contribution in [3.05, 3.63) is 24.2 Å². The summed E-state index contributed by atoms with van der Waals surface area (Å²) < 4.78 is 2.13. The van der Waals surface area contributed by atoms with E-state index in [1.165, 1.54) is 12.8 Å². The Labute approximate surface area is 159 Å². The molecule has 1 atom stereocenters. The lowest BCUT2D eigenvalue weighted by molar-refractivity contribution is 0.0240. The van der Waals surface area contributed by atoms with Crippen LogP contribution in [0.4, 0.5) is 0 Å². The van der Waals surface area contributed by atoms with Crippen LogP contribution in [-0.2, 0) is 0 Å². The molecule has 2 aromatic heterocycles. The number of hydrogen-bond donors (Lipinski definition) is 1. The Kier molecular flexibility index (Phi) is 4.36. The molecule has 0 spiro atoms. The number of piperidine rings is 2. The number of β-amino-alcohol motifs (C(OH)–C–C–N with tert-alkyl or cyclic N) is 1. The van der Waals surface area contributed by atoms with Crippen molar-refractivity contribution < 1.29 is 9.90 Å². The van der Waals surface area contributed by atoms with Gasteiger partial charge in [0.25, 0.3) is 5.91 Å². The molecule has 3 fully saturated rings. The van der Waals surface area contributed by atoms with Crippen molar-refractivity contribution in [2.45, 2.75) is 56.7 Å². The number of likely N-dealkylation sites (tertiary alicyclic amines) is 2. The number of carbonyl (C=O) groups is 1. The molecule has 4 heterocycles. The lowest BCUT2D eigenvalue weighted by Crippen LogP contribution is -2.50. The quantitative estimate of drug-likeness (QED) is 0.893. The van der Waals surface area contributed by atoms with Gasteiger partial charge in [0.05, 0.1) is 18.0 Å². The molecule has 2 aromatic rings. The fraction of sp³-hybridized carbons (Fsp3) is 0.650. The van der Waals surface area contributed by atoms with E-state index in [2.05, 4.69) is 19.4 Å². The van der Waals surface area contributed by atoms with E-state index in [1.54, 1.807) is 6.20 Å². The first-order chi connectivity index (χ1) is 13.2. The number of pyridine rings is 1. The second-order valence-corrected chi connectivity index (χ2v) is 8.26. The minimum atomic E-state index is -0.188. The van der Waals surface area contributed by atoms with Crippen LogP contribution in [0, 0.1) is 0 Å². The molecule has 1 saturated carbocycles. The normalized spacial score (nSPS) is 25.2. The van der Waals surface area contributed by atoms with Gasteiger partial charge in [-0.3, -0.25) is 9.69 Å². The lowest BCUT2D eigenvalue weighted by atomic mass is 9.98. The Hall–Kier alpha value is -1.99. The van der Waals surface area contributed by atoms with Crippen LogP contribution in [0.5, 0.6) is 0 Å². The van der Waals surface area contributed by atoms with Gasteiger partial charge in [-0.05, 0) is 51.1 Å². The van der Waals surface area contributed by atoms with Crippen LogP contribution in [0.2, 0.25) is 0 Å². The van der Waals surface area contributed by atoms with Crippen molar-refractivity contribution in [1.82, 2.24) is 24.3 Å². The predicted molar refractivity (Wildman–Crippen MR) is 102 cm³/mol. The van der Waals surface area contributed by atoms with Gasteiger partial charge in [0.2, 0.25) is 0 Å². The van der Waals surface area contributed by atoms with E-state index in [0.29, 0.717) is 17.6 Å². The molecule has 144 valence electrons. The van der Waals surface area contributed by atoms with Gasteiger partial charge in [-0.1, -0.05) is 0 Å². The van der Waals surface area contributed by atoms with Crippen LogP contribution in [0.1, 0.15) is 54.9 Å². The predicted octanol–water partition coefficient (Wildman–Crippen LogP) is 1.83. The van der Waals surface area contributed by atoms with Gasteiger partial charge in [0, 0.05) is 37.9 Å². The van der Waals surface area contributed by atoms with Crippen LogP contribution >= 0.6 is 0 Å². The molecule has 1 amide bonds. The SMILES string of the molecule is O=C(c1cnc2c(c1)ncn2C1CC1)N1CCC(N2CCCC(O)C2)CC1. The highest BCUT2D eigenvalue weighted by molar-refractivity contribution is 5.96. The maximum Gasteiger partial charge on any atom is 0.255 e. The summed E-state index contributed by atoms with van der Waals surface area (Å²) in [5, 5.41) is 9.90. The average molecular weight is 369 g/mol. The Bertz CT molecular complexity index is 838. The van der Waals surface area contributed by atoms with Gasteiger partial charge >= 0.3 is 0 Å². The Morgan fingerprint density at radius 3 is 2.59 bits per heavy atom. The van der Waals surface area contributed by atoms with Crippen LogP contribution < -0.4 is 0 Å². The number of nitrogens with zero attached hydrogens (tertiary/aromatic N) is 5. The maximum absolute atomic E-state index is 12.9. The van der Waals surface area contributed by atoms with Crippen LogP contribution in [-0.4, -0.2) is 73.7 Å². The minimum absolute atomic E-state index is 0.0579. The molecule has 1 aliphatic carbocycles. The highest BCUT2D eigenvalue weighted by Gasteiger charge is 2.30. The summed E-state index contributed by atoms with van der Waals surface area (Å²) in [5.74, 6) is 0.0579. The minimum Gasteiger partial charge on any atom is -0.392 e. The highest BCUT2D eigenvalue weighted by Crippen LogP contribution is 2.36. The van der Waals surface area contributed by atoms with Crippen LogP contribution in [0.15, 0.2) is 18.6 Å². The van der Waals surface area contributed by atoms with Crippen molar-refractivity contribution >= 4 is 17.1 Å². The average Bonchev–Trinajstić information content (AvgIpc) is 3.46. The molecular formula is C20H27N5O2. The Morgan fingerprint density at radius 1 is 1.04 bits per heavy atom. The summed E-state index contributed by atoms with van der Waals surface area (Å²) in [4.78, 5) is 26.3. The number of carbonyl (C=O) groups excluding carboxylic acids is 1. The molecule has 2 aliphatic heterocycles. The van der Waals surface area contributed by atoms with E-state index in [0.717, 1.165) is 63.0 Å². The molecular weight excluding hydrogens is 342 g/mol. The van der Waals surface area contributed by atoms with Crippen molar-refractivity contribution in [3.63, 3.8) is 0 Å². The zero-order valence-electron chi connectivity index (χ0n) is 15.6. The van der Waals surface area contributed by atoms with E-state index >= 15 is 0 Å². The van der Waals surface area contributed by atoms with Gasteiger partial charge in [-0.25, -0.2) is 9.97 Å². The highest BCUT2D eigenvalue weighted by atomic mass is 16.3. The third-order valence-corrected chi connectivity index (χ3v) is 6.30. The number of aliphatic hydroxyl groups is 1. The Morgan fingerprint density at radius 2 is 1.85 bits per heavy atom. The summed E-state index contributed by atoms with van der Waals surface area (Å²) >= 11 is 0. The molecule has 0 radical (unpaired) electrons. The molecule has 0 aromatic carbocycles. The van der Waals surface area contributed by atoms with E-state index in [1.807, 2.05) is 17.3 Å². The molecule has 1 unspecified atom stereocenters. The number of imidazole rings is 1. The first-order valence-electron chi connectivity index (χ1n) is 10.2. The maximum atomic E-state index is 12.9. The van der Waals surface area contributed by atoms with Gasteiger partial charge in [0.15, 0.2) is 5.65 Å². The summed E-state index contributed by atoms with van der Waals surface area (Å²) in [6.07, 6.45) is 9.69. The van der Waals surface area contributed by atoms with Crippen molar-refractivity contribution in [2.24, 2.45) is 0 Å². The first-order valence-corrected chi connectivity index (χ1v) is 10.2. The third kappa shape index (κ3) is 3.34. The summed E-state index contributed by atoms with van der Waals surface area (Å²) in [6.45, 7) is 3.39. The van der Waals surface area contributed by atoms with Crippen molar-refractivity contribution in [3.8, 4) is 0 Å². The topological polar surface area (TPSA) is 74.5 Å². The van der Waals surface area contributed by atoms with Gasteiger partial charge < -0.3 is 14.6 Å². The molecule has 3 aliphatic rings. The summed E-state index contributed by atoms with van der Waals surface area (Å²) in [6, 6.07) is 2.91. The summed E-state index contributed by atoms with van der Waals surface area (Å²) in [7, 11) is 0. The lowest BCUT2D eigenvalue weighted by Gasteiger charge is -2.41. The fourth-order valence-electron chi connectivity index (χ4n) is 4.59. The second kappa shape index (κ2) is 6.87. The van der Waals surface area contributed by atoms with Gasteiger partial charge in [0.1, 0.15) is 5.52 Å². The van der Waals surface area contributed by atoms with E-state index in [9.17, 15) is 9.90 Å². The van der Waals surface area contributed by atoms with Crippen molar-refractivity contribution in [2.75, 3.05) is 26.2 Å². The molecule has 7 nitrogen and oxygen atoms in total. The van der Waals surface area contributed by atoms with Crippen LogP contribution in [0.3, 0.4) is 0 Å². The van der Waals surface area contributed by atoms with Gasteiger partial charge in [-0.2, -0.15) is 0 Å². The van der Waals surface area contributed by atoms with Crippen molar-refractivity contribution in [1.29, 1.82) is 0 Å². The number of rotatable bonds is 3. The van der Waals surface area contributed by atoms with Gasteiger partial charge in [-0.15, -0.1) is 0 Å². The standard InChI is InChI=1S/C20H27N5O2/c26-17-2-1-7-24(12-17)15-5-8-23(9-6-15)20(27)14-10-18-19(21-11-14)25(13-22-18)16-3-4-16/h10-11,13,15-17,26H,1-9,12H2. The largest absolute Gasteiger partial charge is 0.392 e. The molecule has 27 heavy (non-hydrogen) atoms. The first kappa shape index (κ1) is 17.1. The number of aromatic nitrogens is 3. The fourth-order valence-corrected chi connectivity index (χ4v) is 4.59. The number of aliphatic hydroxyl groups excluding tert-OH is 1. The number of amides is 1.